The molecule has 0 aromatic carbocycles. The molecule has 1 unspecified atom stereocenters. The quantitative estimate of drug-likeness (QED) is 0.708. The molecular weight excluding hydrogens is 149 g/mol. The third-order valence-corrected chi connectivity index (χ3v) is 1.39. The lowest BCUT2D eigenvalue weighted by Gasteiger charge is -2.08. The smallest absolute Gasteiger partial charge is 0.153 e. The Kier molecular flexibility index (Phi) is 2.97. The fourth-order valence-electron chi connectivity index (χ4n) is 0.835. The predicted molar refractivity (Wildman–Crippen MR) is 36.7 cm³/mol. The Morgan fingerprint density at radius 3 is 3.09 bits per heavy atom. The Bertz CT molecular complexity index is 190. The number of rotatable bonds is 4. The molecule has 5 heteroatoms. The van der Waals surface area contributed by atoms with E-state index in [0.29, 0.717) is 12.2 Å². The molecule has 1 atom stereocenters. The standard InChI is InChI=1S/C6H10FN3O/c1-11-5(2-3-7)6-8-4-9-10-6/h4-5H,2-3H2,1H3,(H,8,9,10). The number of hydrogen-bond acceptors (Lipinski definition) is 3. The molecule has 1 rings (SSSR count). The lowest BCUT2D eigenvalue weighted by molar-refractivity contribution is 0.0822. The summed E-state index contributed by atoms with van der Waals surface area (Å²) in [6, 6.07) is 0. The van der Waals surface area contributed by atoms with Crippen molar-refractivity contribution in [3.05, 3.63) is 12.2 Å². The second-order valence-electron chi connectivity index (χ2n) is 2.07. The molecule has 0 aliphatic carbocycles. The van der Waals surface area contributed by atoms with Crippen LogP contribution in [0.4, 0.5) is 4.39 Å². The van der Waals surface area contributed by atoms with Crippen LogP contribution in [0.5, 0.6) is 0 Å². The van der Waals surface area contributed by atoms with Crippen LogP contribution in [-0.2, 0) is 4.74 Å². The van der Waals surface area contributed by atoms with E-state index in [0.717, 1.165) is 0 Å². The summed E-state index contributed by atoms with van der Waals surface area (Å²) in [6.07, 6.45) is 1.38. The first-order valence-electron chi connectivity index (χ1n) is 3.32. The summed E-state index contributed by atoms with van der Waals surface area (Å²) < 4.78 is 16.8. The first-order valence-corrected chi connectivity index (χ1v) is 3.32. The van der Waals surface area contributed by atoms with Crippen LogP contribution in [0, 0.1) is 0 Å². The van der Waals surface area contributed by atoms with Gasteiger partial charge in [-0.15, -0.1) is 0 Å². The van der Waals surface area contributed by atoms with E-state index >= 15 is 0 Å². The Labute approximate surface area is 63.8 Å². The molecule has 0 radical (unpaired) electrons. The fraction of sp³-hybridized carbons (Fsp3) is 0.667. The number of aromatic amines is 1. The molecule has 0 saturated heterocycles. The first kappa shape index (κ1) is 8.13. The van der Waals surface area contributed by atoms with E-state index in [2.05, 4.69) is 15.2 Å². The highest BCUT2D eigenvalue weighted by molar-refractivity contribution is 4.86. The van der Waals surface area contributed by atoms with Gasteiger partial charge in [-0.25, -0.2) is 4.98 Å². The molecule has 1 heterocycles. The lowest BCUT2D eigenvalue weighted by atomic mass is 10.2. The van der Waals surface area contributed by atoms with Crippen molar-refractivity contribution in [2.24, 2.45) is 0 Å². The van der Waals surface area contributed by atoms with Crippen molar-refractivity contribution in [1.82, 2.24) is 15.2 Å². The number of H-pyrrole nitrogens is 1. The summed E-state index contributed by atoms with van der Waals surface area (Å²) in [5.41, 5.74) is 0. The van der Waals surface area contributed by atoms with Crippen LogP contribution in [0.1, 0.15) is 18.3 Å². The highest BCUT2D eigenvalue weighted by Crippen LogP contribution is 2.14. The summed E-state index contributed by atoms with van der Waals surface area (Å²) in [6.45, 7) is -0.417. The van der Waals surface area contributed by atoms with Crippen molar-refractivity contribution in [1.29, 1.82) is 0 Å². The second-order valence-corrected chi connectivity index (χ2v) is 2.07. The van der Waals surface area contributed by atoms with Gasteiger partial charge in [0.1, 0.15) is 12.4 Å². The van der Waals surface area contributed by atoms with Crippen LogP contribution in [0.3, 0.4) is 0 Å². The molecule has 0 aliphatic rings. The molecule has 1 aromatic rings. The highest BCUT2D eigenvalue weighted by Gasteiger charge is 2.12. The molecule has 1 aromatic heterocycles. The highest BCUT2D eigenvalue weighted by atomic mass is 19.1. The lowest BCUT2D eigenvalue weighted by Crippen LogP contribution is -2.04. The summed E-state index contributed by atoms with van der Waals surface area (Å²) in [5.74, 6) is 0.574. The summed E-state index contributed by atoms with van der Waals surface area (Å²) >= 11 is 0. The number of aromatic nitrogens is 3. The minimum absolute atomic E-state index is 0.303. The Balaban J connectivity index is 2.56. The molecule has 0 saturated carbocycles. The average Bonchev–Trinajstić information content (AvgIpc) is 2.52. The molecule has 1 N–H and O–H groups in total. The van der Waals surface area contributed by atoms with Crippen LogP contribution in [0.2, 0.25) is 0 Å². The molecule has 62 valence electrons. The normalized spacial score (nSPS) is 13.3. The van der Waals surface area contributed by atoms with Gasteiger partial charge in [-0.05, 0) is 0 Å². The van der Waals surface area contributed by atoms with E-state index in [1.807, 2.05) is 0 Å². The van der Waals surface area contributed by atoms with Crippen LogP contribution < -0.4 is 0 Å². The van der Waals surface area contributed by atoms with Crippen molar-refractivity contribution in [3.8, 4) is 0 Å². The monoisotopic (exact) mass is 159 g/mol. The van der Waals surface area contributed by atoms with Crippen molar-refractivity contribution >= 4 is 0 Å². The Morgan fingerprint density at radius 2 is 2.64 bits per heavy atom. The summed E-state index contributed by atoms with van der Waals surface area (Å²) in [4.78, 5) is 3.85. The second kappa shape index (κ2) is 4.02. The van der Waals surface area contributed by atoms with Gasteiger partial charge in [0.2, 0.25) is 0 Å². The zero-order valence-corrected chi connectivity index (χ0v) is 6.25. The predicted octanol–water partition coefficient (Wildman–Crippen LogP) is 0.852. The van der Waals surface area contributed by atoms with E-state index in [1.165, 1.54) is 13.4 Å². The van der Waals surface area contributed by atoms with Gasteiger partial charge in [-0.1, -0.05) is 0 Å². The SMILES string of the molecule is COC(CCF)c1ncn[nH]1. The van der Waals surface area contributed by atoms with Gasteiger partial charge in [0.05, 0.1) is 6.67 Å². The zero-order chi connectivity index (χ0) is 8.10. The maximum atomic E-state index is 11.9. The van der Waals surface area contributed by atoms with Crippen molar-refractivity contribution in [2.45, 2.75) is 12.5 Å². The molecule has 0 bridgehead atoms. The fourth-order valence-corrected chi connectivity index (χ4v) is 0.835. The summed E-state index contributed by atoms with van der Waals surface area (Å²) in [7, 11) is 1.52. The van der Waals surface area contributed by atoms with Gasteiger partial charge >= 0.3 is 0 Å². The minimum Gasteiger partial charge on any atom is -0.373 e. The Morgan fingerprint density at radius 1 is 1.82 bits per heavy atom. The minimum atomic E-state index is -0.417. The third kappa shape index (κ3) is 1.98. The molecule has 0 spiro atoms. The van der Waals surface area contributed by atoms with E-state index in [1.54, 1.807) is 0 Å². The van der Waals surface area contributed by atoms with E-state index in [-0.39, 0.29) is 6.10 Å². The summed E-state index contributed by atoms with van der Waals surface area (Å²) in [5, 5.41) is 6.25. The molecule has 0 amide bonds. The van der Waals surface area contributed by atoms with Gasteiger partial charge < -0.3 is 4.74 Å². The van der Waals surface area contributed by atoms with Crippen LogP contribution in [0.15, 0.2) is 6.33 Å². The van der Waals surface area contributed by atoms with E-state index < -0.39 is 6.67 Å². The zero-order valence-electron chi connectivity index (χ0n) is 6.25. The average molecular weight is 159 g/mol. The Hall–Kier alpha value is -0.970. The van der Waals surface area contributed by atoms with Crippen molar-refractivity contribution < 1.29 is 9.13 Å². The number of nitrogens with zero attached hydrogens (tertiary/aromatic N) is 2. The van der Waals surface area contributed by atoms with Gasteiger partial charge in [0.15, 0.2) is 5.82 Å². The first-order chi connectivity index (χ1) is 5.38. The van der Waals surface area contributed by atoms with E-state index in [4.69, 9.17) is 4.74 Å². The van der Waals surface area contributed by atoms with Gasteiger partial charge in [-0.3, -0.25) is 9.49 Å². The number of hydrogen-bond donors (Lipinski definition) is 1. The van der Waals surface area contributed by atoms with Gasteiger partial charge in [0.25, 0.3) is 0 Å². The molecule has 0 fully saturated rings. The van der Waals surface area contributed by atoms with E-state index in [9.17, 15) is 4.39 Å². The molecular formula is C6H10FN3O. The number of methoxy groups -OCH3 is 1. The van der Waals surface area contributed by atoms with Crippen LogP contribution >= 0.6 is 0 Å². The molecule has 11 heavy (non-hydrogen) atoms. The molecule has 0 aliphatic heterocycles. The van der Waals surface area contributed by atoms with Crippen LogP contribution in [-0.4, -0.2) is 29.0 Å². The number of halogens is 1. The maximum Gasteiger partial charge on any atom is 0.153 e. The van der Waals surface area contributed by atoms with Crippen molar-refractivity contribution in [3.63, 3.8) is 0 Å². The maximum absolute atomic E-state index is 11.9. The van der Waals surface area contributed by atoms with Crippen LogP contribution in [0.25, 0.3) is 0 Å². The molecule has 4 nitrogen and oxygen atoms in total. The van der Waals surface area contributed by atoms with Gasteiger partial charge in [-0.2, -0.15) is 5.10 Å². The van der Waals surface area contributed by atoms with Gasteiger partial charge in [0, 0.05) is 13.5 Å². The number of ether oxygens (including phenoxy) is 1. The number of nitrogens with one attached hydrogen (secondary N) is 1. The third-order valence-electron chi connectivity index (χ3n) is 1.39. The van der Waals surface area contributed by atoms with Crippen molar-refractivity contribution in [2.75, 3.05) is 13.8 Å². The number of alkyl halides is 1. The largest absolute Gasteiger partial charge is 0.373 e. The topological polar surface area (TPSA) is 50.8 Å².